The van der Waals surface area contributed by atoms with Gasteiger partial charge in [0.15, 0.2) is 0 Å². The number of aromatic nitrogens is 2. The molecular weight excluding hydrogens is 304 g/mol. The number of nitrogens with zero attached hydrogens (tertiary/aromatic N) is 3. The monoisotopic (exact) mass is 334 g/mol. The zero-order chi connectivity index (χ0) is 17.2. The Morgan fingerprint density at radius 3 is 2.79 bits per heavy atom. The third kappa shape index (κ3) is 3.22. The molecule has 0 radical (unpaired) electrons. The summed E-state index contributed by atoms with van der Waals surface area (Å²) in [4.78, 5) is 15.1. The van der Waals surface area contributed by atoms with Crippen LogP contribution >= 0.6 is 0 Å². The van der Waals surface area contributed by atoms with Crippen molar-refractivity contribution in [1.82, 2.24) is 20.0 Å². The quantitative estimate of drug-likeness (QED) is 0.861. The van der Waals surface area contributed by atoms with Gasteiger partial charge >= 0.3 is 0 Å². The van der Waals surface area contributed by atoms with E-state index in [0.29, 0.717) is 18.6 Å². The number of carbonyl (C=O) groups excluding carboxylic acids is 1. The lowest BCUT2D eigenvalue weighted by Crippen LogP contribution is -2.51. The van der Waals surface area contributed by atoms with Gasteiger partial charge in [-0.3, -0.25) is 14.4 Å². The zero-order valence-corrected chi connectivity index (χ0v) is 15.1. The summed E-state index contributed by atoms with van der Waals surface area (Å²) < 4.78 is 7.25. The average molecular weight is 334 g/mol. The van der Waals surface area contributed by atoms with Crippen molar-refractivity contribution in [3.05, 3.63) is 18.0 Å². The number of amides is 1. The molecule has 3 rings (SSSR count). The summed E-state index contributed by atoms with van der Waals surface area (Å²) in [6.07, 6.45) is 7.19. The lowest BCUT2D eigenvalue weighted by molar-refractivity contribution is -0.140. The zero-order valence-electron chi connectivity index (χ0n) is 15.1. The highest BCUT2D eigenvalue weighted by Crippen LogP contribution is 2.41. The number of hydrogen-bond acceptors (Lipinski definition) is 4. The first kappa shape index (κ1) is 17.4. The fourth-order valence-corrected chi connectivity index (χ4v) is 4.34. The van der Waals surface area contributed by atoms with E-state index < -0.39 is 0 Å². The highest BCUT2D eigenvalue weighted by Gasteiger charge is 2.44. The van der Waals surface area contributed by atoms with Gasteiger partial charge in [-0.25, -0.2) is 0 Å². The number of nitrogens with one attached hydrogen (secondary N) is 1. The second kappa shape index (κ2) is 7.23. The topological polar surface area (TPSA) is 59.4 Å². The van der Waals surface area contributed by atoms with Gasteiger partial charge in [0, 0.05) is 26.9 Å². The molecule has 0 unspecified atom stereocenters. The summed E-state index contributed by atoms with van der Waals surface area (Å²) >= 11 is 0. The third-order valence-corrected chi connectivity index (χ3v) is 5.91. The van der Waals surface area contributed by atoms with Crippen molar-refractivity contribution < 1.29 is 9.53 Å². The molecule has 6 nitrogen and oxygen atoms in total. The minimum absolute atomic E-state index is 0.174. The molecule has 1 aromatic heterocycles. The first-order chi connectivity index (χ1) is 11.6. The molecule has 1 saturated carbocycles. The molecule has 1 aliphatic carbocycles. The van der Waals surface area contributed by atoms with E-state index >= 15 is 0 Å². The van der Waals surface area contributed by atoms with Gasteiger partial charge in [-0.15, -0.1) is 0 Å². The number of rotatable bonds is 6. The predicted octanol–water partition coefficient (Wildman–Crippen LogP) is 1.74. The summed E-state index contributed by atoms with van der Waals surface area (Å²) in [7, 11) is 5.85. The maximum atomic E-state index is 12.7. The number of likely N-dealkylation sites (tertiary alicyclic amines) is 1. The lowest BCUT2D eigenvalue weighted by atomic mass is 9.68. The number of aryl methyl sites for hydroxylation is 1. The molecule has 0 aromatic carbocycles. The van der Waals surface area contributed by atoms with Crippen LogP contribution in [0.5, 0.6) is 0 Å². The van der Waals surface area contributed by atoms with Crippen LogP contribution in [0.15, 0.2) is 12.3 Å². The van der Waals surface area contributed by atoms with Crippen molar-refractivity contribution >= 4 is 5.91 Å². The summed E-state index contributed by atoms with van der Waals surface area (Å²) in [5, 5.41) is 7.56. The van der Waals surface area contributed by atoms with Crippen LogP contribution < -0.4 is 5.32 Å². The van der Waals surface area contributed by atoms with Gasteiger partial charge in [-0.05, 0) is 51.3 Å². The molecule has 2 atom stereocenters. The summed E-state index contributed by atoms with van der Waals surface area (Å²) in [6, 6.07) is 2.41. The van der Waals surface area contributed by atoms with E-state index in [4.69, 9.17) is 4.74 Å². The van der Waals surface area contributed by atoms with Crippen molar-refractivity contribution in [2.75, 3.05) is 33.9 Å². The largest absolute Gasteiger partial charge is 0.384 e. The molecule has 0 bridgehead atoms. The van der Waals surface area contributed by atoms with E-state index in [0.717, 1.165) is 38.8 Å². The Hall–Kier alpha value is -1.40. The number of carbonyl (C=O) groups is 1. The van der Waals surface area contributed by atoms with Crippen molar-refractivity contribution in [3.8, 4) is 0 Å². The van der Waals surface area contributed by atoms with Crippen molar-refractivity contribution in [3.63, 3.8) is 0 Å². The number of ether oxygens (including phenoxy) is 1. The average Bonchev–Trinajstić information content (AvgIpc) is 2.94. The van der Waals surface area contributed by atoms with Gasteiger partial charge in [-0.2, -0.15) is 5.10 Å². The normalized spacial score (nSPS) is 26.8. The molecule has 1 aliphatic heterocycles. The van der Waals surface area contributed by atoms with E-state index in [2.05, 4.69) is 28.4 Å². The summed E-state index contributed by atoms with van der Waals surface area (Å²) in [5.74, 6) is 0.593. The van der Waals surface area contributed by atoms with Crippen LogP contribution in [0, 0.1) is 11.3 Å². The minimum Gasteiger partial charge on any atom is -0.384 e. The van der Waals surface area contributed by atoms with Gasteiger partial charge in [0.1, 0.15) is 0 Å². The van der Waals surface area contributed by atoms with E-state index in [1.54, 1.807) is 7.11 Å². The SMILES string of the molecule is COCC1(C(=O)NC[C@@H]2CCCN(C)[C@H]2c2ccnn2C)CCC1. The standard InChI is InChI=1S/C18H30N4O2/c1-21-11-4-6-14(16(21)15-7-10-20-22(15)2)12-19-17(23)18(13-24-3)8-5-9-18/h7,10,14,16H,4-6,8-9,11-13H2,1-3H3,(H,19,23)/t14-,16+/m0/s1. The molecule has 2 aliphatic rings. The highest BCUT2D eigenvalue weighted by molar-refractivity contribution is 5.83. The maximum Gasteiger partial charge on any atom is 0.228 e. The molecule has 2 heterocycles. The Bertz CT molecular complexity index is 567. The smallest absolute Gasteiger partial charge is 0.228 e. The van der Waals surface area contributed by atoms with Crippen molar-refractivity contribution in [2.45, 2.75) is 38.1 Å². The van der Waals surface area contributed by atoms with Gasteiger partial charge < -0.3 is 10.1 Å². The van der Waals surface area contributed by atoms with E-state index in [1.807, 2.05) is 17.9 Å². The fourth-order valence-electron chi connectivity index (χ4n) is 4.34. The Balaban J connectivity index is 1.66. The Labute approximate surface area is 144 Å². The van der Waals surface area contributed by atoms with Crippen LogP contribution in [-0.4, -0.2) is 54.4 Å². The Kier molecular flexibility index (Phi) is 5.25. The van der Waals surface area contributed by atoms with Gasteiger partial charge in [-0.1, -0.05) is 6.42 Å². The Morgan fingerprint density at radius 2 is 2.21 bits per heavy atom. The first-order valence-corrected chi connectivity index (χ1v) is 9.03. The van der Waals surface area contributed by atoms with Gasteiger partial charge in [0.2, 0.25) is 5.91 Å². The number of piperidine rings is 1. The van der Waals surface area contributed by atoms with E-state index in [1.165, 1.54) is 12.1 Å². The Morgan fingerprint density at radius 1 is 1.42 bits per heavy atom. The predicted molar refractivity (Wildman–Crippen MR) is 92.5 cm³/mol. The summed E-state index contributed by atoms with van der Waals surface area (Å²) in [6.45, 7) is 2.35. The molecule has 1 aromatic rings. The molecule has 1 amide bonds. The van der Waals surface area contributed by atoms with Crippen LogP contribution in [0.2, 0.25) is 0 Å². The summed E-state index contributed by atoms with van der Waals surface area (Å²) in [5.41, 5.74) is 0.948. The van der Waals surface area contributed by atoms with Crippen LogP contribution in [0.1, 0.15) is 43.8 Å². The second-order valence-electron chi connectivity index (χ2n) is 7.48. The molecular formula is C18H30N4O2. The molecule has 1 saturated heterocycles. The molecule has 0 spiro atoms. The minimum atomic E-state index is -0.280. The molecule has 6 heteroatoms. The van der Waals surface area contributed by atoms with Crippen molar-refractivity contribution in [1.29, 1.82) is 0 Å². The number of hydrogen-bond donors (Lipinski definition) is 1. The molecule has 1 N–H and O–H groups in total. The van der Waals surface area contributed by atoms with Crippen molar-refractivity contribution in [2.24, 2.45) is 18.4 Å². The molecule has 2 fully saturated rings. The second-order valence-corrected chi connectivity index (χ2v) is 7.48. The van der Waals surface area contributed by atoms with E-state index in [-0.39, 0.29) is 11.3 Å². The fraction of sp³-hybridized carbons (Fsp3) is 0.778. The molecule has 134 valence electrons. The lowest BCUT2D eigenvalue weighted by Gasteiger charge is -2.42. The highest BCUT2D eigenvalue weighted by atomic mass is 16.5. The van der Waals surface area contributed by atoms with Crippen LogP contribution in [0.25, 0.3) is 0 Å². The van der Waals surface area contributed by atoms with Gasteiger partial charge in [0.25, 0.3) is 0 Å². The maximum absolute atomic E-state index is 12.7. The number of methoxy groups -OCH3 is 1. The molecule has 24 heavy (non-hydrogen) atoms. The van der Waals surface area contributed by atoms with Crippen LogP contribution in [0.3, 0.4) is 0 Å². The van der Waals surface area contributed by atoms with E-state index in [9.17, 15) is 4.79 Å². The first-order valence-electron chi connectivity index (χ1n) is 9.03. The van der Waals surface area contributed by atoms with Crippen LogP contribution in [-0.2, 0) is 16.6 Å². The third-order valence-electron chi connectivity index (χ3n) is 5.91. The van der Waals surface area contributed by atoms with Crippen LogP contribution in [0.4, 0.5) is 0 Å². The van der Waals surface area contributed by atoms with Gasteiger partial charge in [0.05, 0.1) is 23.8 Å².